The van der Waals surface area contributed by atoms with E-state index in [9.17, 15) is 8.42 Å². The van der Waals surface area contributed by atoms with Crippen molar-refractivity contribution in [1.29, 1.82) is 0 Å². The zero-order valence-electron chi connectivity index (χ0n) is 10.7. The first-order valence-electron chi connectivity index (χ1n) is 5.89. The summed E-state index contributed by atoms with van der Waals surface area (Å²) in [6.45, 7) is 1.95. The van der Waals surface area contributed by atoms with Gasteiger partial charge in [0.15, 0.2) is 0 Å². The van der Waals surface area contributed by atoms with Crippen molar-refractivity contribution in [2.75, 3.05) is 0 Å². The van der Waals surface area contributed by atoms with E-state index in [2.05, 4.69) is 4.72 Å². The standard InChI is InChI=1S/C12H14N2O2S4/c1-2-8(9-4-3-7-18-9)14-20(15,16)11-6-5-10(19-11)12(13)17/h3-8,14H,2H2,1H3,(H2,13,17). The highest BCUT2D eigenvalue weighted by atomic mass is 32.2. The number of hydrogen-bond acceptors (Lipinski definition) is 5. The summed E-state index contributed by atoms with van der Waals surface area (Å²) in [4.78, 5) is 1.81. The van der Waals surface area contributed by atoms with E-state index < -0.39 is 10.0 Å². The van der Waals surface area contributed by atoms with Crippen molar-refractivity contribution in [2.24, 2.45) is 5.73 Å². The first kappa shape index (κ1) is 15.6. The molecule has 1 atom stereocenters. The molecule has 2 aromatic heterocycles. The molecule has 0 aliphatic rings. The summed E-state index contributed by atoms with van der Waals surface area (Å²) < 4.78 is 27.7. The molecule has 0 radical (unpaired) electrons. The second-order valence-electron chi connectivity index (χ2n) is 4.08. The molecular formula is C12H14N2O2S4. The van der Waals surface area contributed by atoms with Gasteiger partial charge in [-0.25, -0.2) is 13.1 Å². The molecule has 2 aromatic rings. The highest BCUT2D eigenvalue weighted by Gasteiger charge is 2.22. The summed E-state index contributed by atoms with van der Waals surface area (Å²) in [5, 5.41) is 1.93. The highest BCUT2D eigenvalue weighted by molar-refractivity contribution is 7.91. The molecule has 0 saturated carbocycles. The van der Waals surface area contributed by atoms with E-state index in [4.69, 9.17) is 18.0 Å². The van der Waals surface area contributed by atoms with Crippen LogP contribution in [-0.2, 0) is 10.0 Å². The minimum atomic E-state index is -3.55. The Labute approximate surface area is 131 Å². The predicted molar refractivity (Wildman–Crippen MR) is 87.9 cm³/mol. The molecule has 1 unspecified atom stereocenters. The van der Waals surface area contributed by atoms with Gasteiger partial charge in [-0.15, -0.1) is 22.7 Å². The highest BCUT2D eigenvalue weighted by Crippen LogP contribution is 2.27. The van der Waals surface area contributed by atoms with Gasteiger partial charge in [0.1, 0.15) is 9.20 Å². The smallest absolute Gasteiger partial charge is 0.250 e. The van der Waals surface area contributed by atoms with Crippen LogP contribution in [-0.4, -0.2) is 13.4 Å². The molecule has 0 amide bonds. The fourth-order valence-corrected chi connectivity index (χ4v) is 5.28. The topological polar surface area (TPSA) is 72.2 Å². The number of nitrogens with one attached hydrogen (secondary N) is 1. The maximum Gasteiger partial charge on any atom is 0.250 e. The van der Waals surface area contributed by atoms with E-state index in [1.54, 1.807) is 6.07 Å². The minimum Gasteiger partial charge on any atom is -0.389 e. The van der Waals surface area contributed by atoms with E-state index in [1.807, 2.05) is 24.4 Å². The van der Waals surface area contributed by atoms with Crippen LogP contribution in [0.1, 0.15) is 29.1 Å². The Balaban J connectivity index is 2.23. The molecule has 108 valence electrons. The van der Waals surface area contributed by atoms with Crippen LogP contribution in [0.3, 0.4) is 0 Å². The summed E-state index contributed by atoms with van der Waals surface area (Å²) in [7, 11) is -3.55. The molecule has 20 heavy (non-hydrogen) atoms. The van der Waals surface area contributed by atoms with Crippen LogP contribution in [0.5, 0.6) is 0 Å². The van der Waals surface area contributed by atoms with Crippen molar-refractivity contribution < 1.29 is 8.42 Å². The first-order chi connectivity index (χ1) is 9.44. The number of rotatable bonds is 6. The summed E-state index contributed by atoms with van der Waals surface area (Å²) in [6, 6.07) is 6.79. The van der Waals surface area contributed by atoms with Crippen LogP contribution in [0.2, 0.25) is 0 Å². The van der Waals surface area contributed by atoms with Crippen molar-refractivity contribution in [3.63, 3.8) is 0 Å². The maximum atomic E-state index is 12.4. The van der Waals surface area contributed by atoms with Crippen LogP contribution >= 0.6 is 34.9 Å². The van der Waals surface area contributed by atoms with Gasteiger partial charge in [-0.1, -0.05) is 25.2 Å². The molecule has 4 nitrogen and oxygen atoms in total. The van der Waals surface area contributed by atoms with Crippen molar-refractivity contribution in [3.05, 3.63) is 39.4 Å². The molecule has 0 spiro atoms. The Hall–Kier alpha value is -0.800. The van der Waals surface area contributed by atoms with Gasteiger partial charge in [0.25, 0.3) is 10.0 Å². The van der Waals surface area contributed by atoms with E-state index in [-0.39, 0.29) is 15.2 Å². The van der Waals surface area contributed by atoms with Gasteiger partial charge < -0.3 is 5.73 Å². The van der Waals surface area contributed by atoms with Crippen LogP contribution in [0.15, 0.2) is 33.9 Å². The van der Waals surface area contributed by atoms with Crippen LogP contribution in [0.25, 0.3) is 0 Å². The molecule has 8 heteroatoms. The molecule has 2 heterocycles. The van der Waals surface area contributed by atoms with E-state index in [0.29, 0.717) is 11.3 Å². The Bertz CT molecular complexity index is 689. The normalized spacial score (nSPS) is 13.2. The van der Waals surface area contributed by atoms with Gasteiger partial charge in [-0.3, -0.25) is 0 Å². The third kappa shape index (κ3) is 3.44. The SMILES string of the molecule is CCC(NS(=O)(=O)c1ccc(C(N)=S)s1)c1cccs1. The van der Waals surface area contributed by atoms with Crippen molar-refractivity contribution in [3.8, 4) is 0 Å². The van der Waals surface area contributed by atoms with Crippen LogP contribution in [0, 0.1) is 0 Å². The Morgan fingerprint density at radius 1 is 1.45 bits per heavy atom. The zero-order valence-corrected chi connectivity index (χ0v) is 14.0. The third-order valence-electron chi connectivity index (χ3n) is 2.68. The second kappa shape index (κ2) is 6.31. The summed E-state index contributed by atoms with van der Waals surface area (Å²) in [6.07, 6.45) is 0.688. The molecule has 0 aromatic carbocycles. The lowest BCUT2D eigenvalue weighted by Gasteiger charge is -2.14. The summed E-state index contributed by atoms with van der Waals surface area (Å²) in [5.41, 5.74) is 5.50. The molecular weight excluding hydrogens is 332 g/mol. The van der Waals surface area contributed by atoms with E-state index in [0.717, 1.165) is 16.2 Å². The van der Waals surface area contributed by atoms with Gasteiger partial charge in [-0.05, 0) is 30.0 Å². The molecule has 3 N–H and O–H groups in total. The van der Waals surface area contributed by atoms with Crippen LogP contribution in [0.4, 0.5) is 0 Å². The molecule has 0 fully saturated rings. The van der Waals surface area contributed by atoms with Crippen molar-refractivity contribution >= 4 is 49.9 Å². The quantitative estimate of drug-likeness (QED) is 0.789. The molecule has 2 rings (SSSR count). The second-order valence-corrected chi connectivity index (χ2v) is 8.52. The first-order valence-corrected chi connectivity index (χ1v) is 9.48. The Morgan fingerprint density at radius 2 is 2.20 bits per heavy atom. The van der Waals surface area contributed by atoms with Gasteiger partial charge in [0.05, 0.1) is 10.9 Å². The van der Waals surface area contributed by atoms with E-state index in [1.165, 1.54) is 17.4 Å². The molecule has 0 aliphatic carbocycles. The summed E-state index contributed by atoms with van der Waals surface area (Å²) >= 11 is 7.47. The fraction of sp³-hybridized carbons (Fsp3) is 0.250. The minimum absolute atomic E-state index is 0.210. The third-order valence-corrected chi connectivity index (χ3v) is 7.10. The lowest BCUT2D eigenvalue weighted by molar-refractivity contribution is 0.555. The number of thiophene rings is 2. The number of hydrogen-bond donors (Lipinski definition) is 2. The lowest BCUT2D eigenvalue weighted by Crippen LogP contribution is -2.27. The molecule has 0 saturated heterocycles. The number of thiocarbonyl (C=S) groups is 1. The predicted octanol–water partition coefficient (Wildman–Crippen LogP) is 2.87. The van der Waals surface area contributed by atoms with Crippen molar-refractivity contribution in [2.45, 2.75) is 23.6 Å². The maximum absolute atomic E-state index is 12.4. The van der Waals surface area contributed by atoms with Gasteiger partial charge in [0.2, 0.25) is 0 Å². The van der Waals surface area contributed by atoms with Gasteiger partial charge in [-0.2, -0.15) is 0 Å². The van der Waals surface area contributed by atoms with E-state index >= 15 is 0 Å². The fourth-order valence-electron chi connectivity index (χ4n) is 1.67. The molecule has 0 aliphatic heterocycles. The van der Waals surface area contributed by atoms with Gasteiger partial charge in [0, 0.05) is 4.88 Å². The van der Waals surface area contributed by atoms with Gasteiger partial charge >= 0.3 is 0 Å². The summed E-state index contributed by atoms with van der Waals surface area (Å²) in [5.74, 6) is 0. The van der Waals surface area contributed by atoms with Crippen molar-refractivity contribution in [1.82, 2.24) is 4.72 Å². The number of sulfonamides is 1. The lowest BCUT2D eigenvalue weighted by atomic mass is 10.2. The average molecular weight is 347 g/mol. The largest absolute Gasteiger partial charge is 0.389 e. The monoisotopic (exact) mass is 346 g/mol. The zero-order chi connectivity index (χ0) is 14.8. The Morgan fingerprint density at radius 3 is 2.70 bits per heavy atom. The Kier molecular flexibility index (Phi) is 4.92. The number of nitrogens with two attached hydrogens (primary N) is 1. The average Bonchev–Trinajstić information content (AvgIpc) is 3.06. The molecule has 0 bridgehead atoms. The van der Waals surface area contributed by atoms with Crippen LogP contribution < -0.4 is 10.5 Å².